The zero-order chi connectivity index (χ0) is 14.3. The van der Waals surface area contributed by atoms with Crippen molar-refractivity contribution < 1.29 is 23.5 Å². The van der Waals surface area contributed by atoms with Crippen molar-refractivity contribution in [2.75, 3.05) is 13.2 Å². The zero-order valence-corrected chi connectivity index (χ0v) is 13.1. The van der Waals surface area contributed by atoms with E-state index in [0.29, 0.717) is 0 Å². The first-order chi connectivity index (χ1) is 8.25. The largest absolute Gasteiger partial charge is 0.461 e. The van der Waals surface area contributed by atoms with E-state index < -0.39 is 17.8 Å². The summed E-state index contributed by atoms with van der Waals surface area (Å²) >= 11 is 1.44. The number of esters is 2. The second kappa shape index (κ2) is 8.44. The van der Waals surface area contributed by atoms with Gasteiger partial charge in [-0.2, -0.15) is 4.39 Å². The van der Waals surface area contributed by atoms with Crippen molar-refractivity contribution in [2.24, 2.45) is 11.8 Å². The predicted octanol–water partition coefficient (Wildman–Crippen LogP) is 3.00. The van der Waals surface area contributed by atoms with E-state index in [9.17, 15) is 14.0 Å². The summed E-state index contributed by atoms with van der Waals surface area (Å²) < 4.78 is 22.6. The SMILES string of the molecule is CC(C)COC(=O)/C(F)=C(/I)C(=O)OCC(C)C. The maximum absolute atomic E-state index is 13.5. The molecule has 0 saturated heterocycles. The second-order valence-corrected chi connectivity index (χ2v) is 5.69. The average Bonchev–Trinajstić information content (AvgIpc) is 2.30. The molecule has 0 rings (SSSR count). The number of carbonyl (C=O) groups excluding carboxylic acids is 2. The van der Waals surface area contributed by atoms with Gasteiger partial charge in [-0.25, -0.2) is 9.59 Å². The van der Waals surface area contributed by atoms with Crippen LogP contribution in [0, 0.1) is 11.8 Å². The van der Waals surface area contributed by atoms with Crippen LogP contribution in [0.5, 0.6) is 0 Å². The zero-order valence-electron chi connectivity index (χ0n) is 11.0. The second-order valence-electron chi connectivity index (χ2n) is 4.61. The van der Waals surface area contributed by atoms with Gasteiger partial charge in [0.2, 0.25) is 5.83 Å². The predicted molar refractivity (Wildman–Crippen MR) is 73.7 cm³/mol. The third-order valence-corrected chi connectivity index (χ3v) is 2.56. The van der Waals surface area contributed by atoms with E-state index in [1.54, 1.807) is 0 Å². The Morgan fingerprint density at radius 3 is 1.78 bits per heavy atom. The lowest BCUT2D eigenvalue weighted by molar-refractivity contribution is -0.144. The van der Waals surface area contributed by atoms with E-state index in [2.05, 4.69) is 4.74 Å². The van der Waals surface area contributed by atoms with Crippen LogP contribution in [0.4, 0.5) is 4.39 Å². The van der Waals surface area contributed by atoms with E-state index in [-0.39, 0.29) is 28.6 Å². The molecule has 0 aliphatic heterocycles. The summed E-state index contributed by atoms with van der Waals surface area (Å²) in [5, 5.41) is 0. The van der Waals surface area contributed by atoms with Crippen molar-refractivity contribution >= 4 is 34.5 Å². The quantitative estimate of drug-likeness (QED) is 0.409. The van der Waals surface area contributed by atoms with E-state index >= 15 is 0 Å². The molecule has 0 aliphatic carbocycles. The van der Waals surface area contributed by atoms with Crippen LogP contribution in [-0.2, 0) is 19.1 Å². The summed E-state index contributed by atoms with van der Waals surface area (Å²) in [7, 11) is 0. The van der Waals surface area contributed by atoms with Gasteiger partial charge in [0.1, 0.15) is 3.58 Å². The fourth-order valence-corrected chi connectivity index (χ4v) is 1.17. The Kier molecular flexibility index (Phi) is 8.13. The van der Waals surface area contributed by atoms with Crippen molar-refractivity contribution in [3.05, 3.63) is 9.41 Å². The van der Waals surface area contributed by atoms with Gasteiger partial charge in [-0.15, -0.1) is 0 Å². The minimum absolute atomic E-state index is 0.104. The highest BCUT2D eigenvalue weighted by Crippen LogP contribution is 2.18. The van der Waals surface area contributed by atoms with Crippen molar-refractivity contribution in [3.8, 4) is 0 Å². The molecule has 4 nitrogen and oxygen atoms in total. The Morgan fingerprint density at radius 2 is 1.39 bits per heavy atom. The van der Waals surface area contributed by atoms with E-state index in [1.807, 2.05) is 27.7 Å². The Balaban J connectivity index is 4.49. The monoisotopic (exact) mass is 372 g/mol. The molecular formula is C12H18FIO4. The molecule has 0 atom stereocenters. The molecule has 6 heteroatoms. The lowest BCUT2D eigenvalue weighted by Crippen LogP contribution is -2.15. The summed E-state index contributed by atoms with van der Waals surface area (Å²) in [4.78, 5) is 22.7. The highest BCUT2D eigenvalue weighted by atomic mass is 127. The standard InChI is InChI=1S/C12H18FIO4/c1-7(2)5-17-11(15)9(13)10(14)12(16)18-6-8(3)4/h7-8H,5-6H2,1-4H3/b10-9-. The number of halogens is 2. The third-order valence-electron chi connectivity index (χ3n) is 1.65. The van der Waals surface area contributed by atoms with Gasteiger partial charge < -0.3 is 9.47 Å². The number of ether oxygens (including phenoxy) is 2. The molecule has 0 aromatic heterocycles. The fraction of sp³-hybridized carbons (Fsp3) is 0.667. The van der Waals surface area contributed by atoms with Crippen LogP contribution < -0.4 is 0 Å². The maximum Gasteiger partial charge on any atom is 0.368 e. The molecule has 0 aromatic rings. The van der Waals surface area contributed by atoms with E-state index in [1.165, 1.54) is 22.6 Å². The summed E-state index contributed by atoms with van der Waals surface area (Å²) in [5.74, 6) is -2.93. The number of carbonyl (C=O) groups is 2. The Hall–Kier alpha value is -0.660. The molecule has 18 heavy (non-hydrogen) atoms. The van der Waals surface area contributed by atoms with Gasteiger partial charge in [-0.05, 0) is 34.4 Å². The molecule has 0 heterocycles. The fourth-order valence-electron chi connectivity index (χ4n) is 0.791. The summed E-state index contributed by atoms with van der Waals surface area (Å²) in [6, 6.07) is 0. The molecule has 104 valence electrons. The Morgan fingerprint density at radius 1 is 1.00 bits per heavy atom. The topological polar surface area (TPSA) is 52.6 Å². The molecule has 0 saturated carbocycles. The molecule has 0 spiro atoms. The molecule has 0 aromatic carbocycles. The smallest absolute Gasteiger partial charge is 0.368 e. The van der Waals surface area contributed by atoms with Crippen LogP contribution in [0.2, 0.25) is 0 Å². The first-order valence-electron chi connectivity index (χ1n) is 5.65. The van der Waals surface area contributed by atoms with Gasteiger partial charge >= 0.3 is 11.9 Å². The van der Waals surface area contributed by atoms with Gasteiger partial charge in [0.15, 0.2) is 0 Å². The molecular weight excluding hydrogens is 354 g/mol. The third kappa shape index (κ3) is 6.93. The van der Waals surface area contributed by atoms with Gasteiger partial charge in [0, 0.05) is 0 Å². The van der Waals surface area contributed by atoms with Gasteiger partial charge in [-0.3, -0.25) is 0 Å². The van der Waals surface area contributed by atoms with Crippen molar-refractivity contribution in [1.29, 1.82) is 0 Å². The first kappa shape index (κ1) is 17.3. The normalized spacial score (nSPS) is 12.4. The summed E-state index contributed by atoms with van der Waals surface area (Å²) in [5.41, 5.74) is 0. The van der Waals surface area contributed by atoms with Crippen molar-refractivity contribution in [3.63, 3.8) is 0 Å². The molecule has 0 aliphatic rings. The van der Waals surface area contributed by atoms with E-state index in [0.717, 1.165) is 0 Å². The lowest BCUT2D eigenvalue weighted by atomic mass is 10.2. The van der Waals surface area contributed by atoms with Crippen LogP contribution in [0.3, 0.4) is 0 Å². The minimum atomic E-state index is -1.20. The summed E-state index contributed by atoms with van der Waals surface area (Å²) in [6.45, 7) is 7.67. The van der Waals surface area contributed by atoms with Crippen molar-refractivity contribution in [1.82, 2.24) is 0 Å². The maximum atomic E-state index is 13.5. The number of hydrogen-bond donors (Lipinski definition) is 0. The van der Waals surface area contributed by atoms with Crippen LogP contribution >= 0.6 is 22.6 Å². The van der Waals surface area contributed by atoms with Gasteiger partial charge in [0.05, 0.1) is 13.2 Å². The number of hydrogen-bond acceptors (Lipinski definition) is 4. The summed E-state index contributed by atoms with van der Waals surface area (Å²) in [6.07, 6.45) is 0. The first-order valence-corrected chi connectivity index (χ1v) is 6.73. The average molecular weight is 372 g/mol. The van der Waals surface area contributed by atoms with Crippen LogP contribution in [0.25, 0.3) is 0 Å². The van der Waals surface area contributed by atoms with Crippen LogP contribution in [0.1, 0.15) is 27.7 Å². The van der Waals surface area contributed by atoms with Crippen molar-refractivity contribution in [2.45, 2.75) is 27.7 Å². The highest BCUT2D eigenvalue weighted by molar-refractivity contribution is 14.1. The highest BCUT2D eigenvalue weighted by Gasteiger charge is 2.22. The number of rotatable bonds is 6. The van der Waals surface area contributed by atoms with Crippen LogP contribution in [0.15, 0.2) is 9.41 Å². The molecule has 0 N–H and O–H groups in total. The van der Waals surface area contributed by atoms with Gasteiger partial charge in [-0.1, -0.05) is 27.7 Å². The Labute approximate surface area is 120 Å². The molecule has 0 amide bonds. The van der Waals surface area contributed by atoms with Crippen LogP contribution in [-0.4, -0.2) is 25.2 Å². The van der Waals surface area contributed by atoms with E-state index in [4.69, 9.17) is 4.74 Å². The molecule has 0 unspecified atom stereocenters. The minimum Gasteiger partial charge on any atom is -0.461 e. The molecule has 0 radical (unpaired) electrons. The lowest BCUT2D eigenvalue weighted by Gasteiger charge is -2.08. The molecule has 0 fully saturated rings. The van der Waals surface area contributed by atoms with Gasteiger partial charge in [0.25, 0.3) is 0 Å². The molecule has 0 bridgehead atoms. The Bertz CT molecular complexity index is 305.